The Hall–Kier alpha value is -2.95. The highest BCUT2D eigenvalue weighted by molar-refractivity contribution is 5.67. The first kappa shape index (κ1) is 15.6. The monoisotopic (exact) mass is 335 g/mol. The fraction of sp³-hybridized carbons (Fsp3) is 0.200. The van der Waals surface area contributed by atoms with Crippen LogP contribution >= 0.6 is 0 Å². The van der Waals surface area contributed by atoms with Crippen molar-refractivity contribution in [1.29, 1.82) is 0 Å². The van der Waals surface area contributed by atoms with Crippen molar-refractivity contribution in [3.8, 4) is 11.3 Å². The summed E-state index contributed by atoms with van der Waals surface area (Å²) in [5, 5.41) is 0. The Morgan fingerprint density at radius 2 is 1.96 bits per heavy atom. The fourth-order valence-electron chi connectivity index (χ4n) is 3.36. The maximum absolute atomic E-state index is 13.6. The van der Waals surface area contributed by atoms with Crippen LogP contribution in [0.1, 0.15) is 18.9 Å². The summed E-state index contributed by atoms with van der Waals surface area (Å²) in [7, 11) is 0. The summed E-state index contributed by atoms with van der Waals surface area (Å²) in [6, 6.07) is 16.0. The van der Waals surface area contributed by atoms with Crippen molar-refractivity contribution in [3.05, 3.63) is 76.3 Å². The predicted octanol–water partition coefficient (Wildman–Crippen LogP) is 4.05. The topological polar surface area (TPSA) is 49.0 Å². The normalized spacial score (nSPS) is 16.6. The molecule has 0 fully saturated rings. The molecule has 1 aliphatic heterocycles. The number of aromatic amines is 1. The molecule has 126 valence electrons. The molecule has 2 aromatic carbocycles. The van der Waals surface area contributed by atoms with Gasteiger partial charge in [-0.15, -0.1) is 0 Å². The Morgan fingerprint density at radius 3 is 2.76 bits per heavy atom. The van der Waals surface area contributed by atoms with Crippen LogP contribution in [0.4, 0.5) is 16.0 Å². The summed E-state index contributed by atoms with van der Waals surface area (Å²) in [4.78, 5) is 21.7. The van der Waals surface area contributed by atoms with E-state index < -0.39 is 0 Å². The third-order valence-corrected chi connectivity index (χ3v) is 4.60. The summed E-state index contributed by atoms with van der Waals surface area (Å²) in [5.41, 5.74) is 3.14. The van der Waals surface area contributed by atoms with E-state index in [1.807, 2.05) is 35.2 Å². The van der Waals surface area contributed by atoms with Gasteiger partial charge in [-0.25, -0.2) is 9.37 Å². The third kappa shape index (κ3) is 2.93. The van der Waals surface area contributed by atoms with Gasteiger partial charge in [0, 0.05) is 23.4 Å². The zero-order valence-electron chi connectivity index (χ0n) is 13.9. The minimum Gasteiger partial charge on any atom is -0.309 e. The number of anilines is 2. The molecule has 0 aliphatic carbocycles. The average Bonchev–Trinajstić information content (AvgIpc) is 2.62. The molecule has 0 radical (unpaired) electrons. The van der Waals surface area contributed by atoms with Crippen LogP contribution in [-0.2, 0) is 6.42 Å². The second-order valence-electron chi connectivity index (χ2n) is 6.35. The number of benzene rings is 2. The Balaban J connectivity index is 1.85. The molecule has 4 rings (SSSR count). The lowest BCUT2D eigenvalue weighted by Gasteiger charge is -2.35. The van der Waals surface area contributed by atoms with Gasteiger partial charge in [-0.2, -0.15) is 0 Å². The van der Waals surface area contributed by atoms with E-state index in [1.165, 1.54) is 12.1 Å². The number of halogens is 1. The Labute approximate surface area is 145 Å². The Morgan fingerprint density at radius 1 is 1.16 bits per heavy atom. The number of nitrogens with zero attached hydrogens (tertiary/aromatic N) is 2. The predicted molar refractivity (Wildman–Crippen MR) is 96.6 cm³/mol. The van der Waals surface area contributed by atoms with Crippen LogP contribution in [0, 0.1) is 5.82 Å². The van der Waals surface area contributed by atoms with Crippen molar-refractivity contribution in [2.45, 2.75) is 25.8 Å². The highest BCUT2D eigenvalue weighted by Gasteiger charge is 2.26. The third-order valence-electron chi connectivity index (χ3n) is 4.60. The zero-order valence-corrected chi connectivity index (χ0v) is 13.9. The highest BCUT2D eigenvalue weighted by Crippen LogP contribution is 2.35. The summed E-state index contributed by atoms with van der Waals surface area (Å²) >= 11 is 0. The molecule has 1 N–H and O–H groups in total. The lowest BCUT2D eigenvalue weighted by molar-refractivity contribution is 0.591. The molecule has 2 heterocycles. The van der Waals surface area contributed by atoms with Crippen LogP contribution in [0.5, 0.6) is 0 Å². The number of hydrogen-bond donors (Lipinski definition) is 1. The van der Waals surface area contributed by atoms with Crippen LogP contribution in [0.3, 0.4) is 0 Å². The Bertz CT molecular complexity index is 968. The van der Waals surface area contributed by atoms with Gasteiger partial charge >= 0.3 is 0 Å². The standard InChI is InChI=1S/C20H18FN3O/c1-13-7-8-15-11-16(21)9-10-18(15)24(13)20-22-17(12-19(25)23-20)14-5-3-2-4-6-14/h2-6,9-13H,7-8H2,1H3,(H,22,23,25). The Kier molecular flexibility index (Phi) is 3.84. The number of aromatic nitrogens is 2. The largest absolute Gasteiger partial charge is 0.309 e. The fourth-order valence-corrected chi connectivity index (χ4v) is 3.36. The van der Waals surface area contributed by atoms with E-state index in [0.29, 0.717) is 11.6 Å². The van der Waals surface area contributed by atoms with Gasteiger partial charge in [0.1, 0.15) is 5.82 Å². The van der Waals surface area contributed by atoms with Gasteiger partial charge in [0.15, 0.2) is 0 Å². The van der Waals surface area contributed by atoms with Crippen LogP contribution < -0.4 is 10.5 Å². The summed E-state index contributed by atoms with van der Waals surface area (Å²) in [5.74, 6) is 0.249. The molecule has 1 aliphatic rings. The van der Waals surface area contributed by atoms with E-state index in [9.17, 15) is 9.18 Å². The van der Waals surface area contributed by atoms with Crippen LogP contribution in [0.25, 0.3) is 11.3 Å². The van der Waals surface area contributed by atoms with Crippen molar-refractivity contribution in [3.63, 3.8) is 0 Å². The quantitative estimate of drug-likeness (QED) is 0.769. The molecule has 5 heteroatoms. The average molecular weight is 335 g/mol. The molecule has 0 spiro atoms. The van der Waals surface area contributed by atoms with Crippen LogP contribution in [0.2, 0.25) is 0 Å². The molecule has 1 unspecified atom stereocenters. The minimum absolute atomic E-state index is 0.159. The highest BCUT2D eigenvalue weighted by atomic mass is 19.1. The first-order chi connectivity index (χ1) is 12.1. The van der Waals surface area contributed by atoms with Crippen molar-refractivity contribution in [2.24, 2.45) is 0 Å². The van der Waals surface area contributed by atoms with Crippen molar-refractivity contribution in [2.75, 3.05) is 4.90 Å². The first-order valence-corrected chi connectivity index (χ1v) is 8.36. The van der Waals surface area contributed by atoms with Crippen LogP contribution in [0.15, 0.2) is 59.4 Å². The molecule has 1 aromatic heterocycles. The van der Waals surface area contributed by atoms with Gasteiger partial charge < -0.3 is 4.90 Å². The lowest BCUT2D eigenvalue weighted by atomic mass is 9.97. The van der Waals surface area contributed by atoms with E-state index in [1.54, 1.807) is 12.1 Å². The summed E-state index contributed by atoms with van der Waals surface area (Å²) in [6.07, 6.45) is 1.68. The van der Waals surface area contributed by atoms with Crippen molar-refractivity contribution < 1.29 is 4.39 Å². The van der Waals surface area contributed by atoms with Gasteiger partial charge in [0.25, 0.3) is 5.56 Å². The molecule has 0 saturated heterocycles. The van der Waals surface area contributed by atoms with E-state index in [2.05, 4.69) is 16.9 Å². The molecule has 4 nitrogen and oxygen atoms in total. The maximum atomic E-state index is 13.6. The summed E-state index contributed by atoms with van der Waals surface area (Å²) in [6.45, 7) is 2.08. The van der Waals surface area contributed by atoms with Crippen molar-refractivity contribution >= 4 is 11.6 Å². The molecular formula is C20H18FN3O. The first-order valence-electron chi connectivity index (χ1n) is 8.36. The van der Waals surface area contributed by atoms with E-state index in [0.717, 1.165) is 29.7 Å². The number of aryl methyl sites for hydroxylation is 1. The maximum Gasteiger partial charge on any atom is 0.252 e. The molecule has 1 atom stereocenters. The van der Waals surface area contributed by atoms with Gasteiger partial charge in [0.05, 0.1) is 5.69 Å². The second-order valence-corrected chi connectivity index (χ2v) is 6.35. The van der Waals surface area contributed by atoms with E-state index in [4.69, 9.17) is 0 Å². The number of fused-ring (bicyclic) bond motifs is 1. The molecular weight excluding hydrogens is 317 g/mol. The number of rotatable bonds is 2. The van der Waals surface area contributed by atoms with Gasteiger partial charge in [0.2, 0.25) is 5.95 Å². The molecule has 0 saturated carbocycles. The molecule has 3 aromatic rings. The molecule has 0 amide bonds. The SMILES string of the molecule is CC1CCc2cc(F)ccc2N1c1nc(-c2ccccc2)cc(=O)[nH]1. The molecule has 0 bridgehead atoms. The van der Waals surface area contributed by atoms with Crippen LogP contribution in [-0.4, -0.2) is 16.0 Å². The number of H-pyrrole nitrogens is 1. The van der Waals surface area contributed by atoms with Gasteiger partial charge in [-0.05, 0) is 43.5 Å². The number of hydrogen-bond acceptors (Lipinski definition) is 3. The van der Waals surface area contributed by atoms with Gasteiger partial charge in [-0.1, -0.05) is 30.3 Å². The van der Waals surface area contributed by atoms with Gasteiger partial charge in [-0.3, -0.25) is 9.78 Å². The van der Waals surface area contributed by atoms with Crippen molar-refractivity contribution in [1.82, 2.24) is 9.97 Å². The lowest BCUT2D eigenvalue weighted by Crippen LogP contribution is -2.35. The second kappa shape index (κ2) is 6.16. The zero-order chi connectivity index (χ0) is 17.4. The van der Waals surface area contributed by atoms with E-state index >= 15 is 0 Å². The smallest absolute Gasteiger partial charge is 0.252 e. The summed E-state index contributed by atoms with van der Waals surface area (Å²) < 4.78 is 13.6. The number of nitrogens with one attached hydrogen (secondary N) is 1. The minimum atomic E-state index is -0.243. The van der Waals surface area contributed by atoms with E-state index in [-0.39, 0.29) is 17.4 Å². The molecule has 25 heavy (non-hydrogen) atoms.